The van der Waals surface area contributed by atoms with Crippen LogP contribution in [-0.4, -0.2) is 26.2 Å². The molecule has 0 saturated heterocycles. The van der Waals surface area contributed by atoms with Crippen LogP contribution in [0.25, 0.3) is 27.3 Å². The molecular weight excluding hydrogens is 555 g/mol. The molecule has 0 spiro atoms. The third kappa shape index (κ3) is 7.93. The van der Waals surface area contributed by atoms with Crippen molar-refractivity contribution in [2.24, 2.45) is 0 Å². The van der Waals surface area contributed by atoms with Gasteiger partial charge in [0, 0.05) is 25.8 Å². The Bertz CT molecular complexity index is 871. The Hall–Kier alpha value is -1.29. The molecule has 32 heavy (non-hydrogen) atoms. The molecule has 3 heteroatoms. The minimum absolute atomic E-state index is 0. The molecule has 0 aromatic heterocycles. The summed E-state index contributed by atoms with van der Waals surface area (Å²) in [6, 6.07) is 14.9. The van der Waals surface area contributed by atoms with Crippen LogP contribution in [0.2, 0.25) is 0 Å². The summed E-state index contributed by atoms with van der Waals surface area (Å²) in [6.45, 7) is 16.6. The average Bonchev–Trinajstić information content (AvgIpc) is 3.42. The van der Waals surface area contributed by atoms with Gasteiger partial charge in [-0.25, -0.2) is 0 Å². The molecule has 0 heterocycles. The Morgan fingerprint density at radius 1 is 0.906 bits per heavy atom. The van der Waals surface area contributed by atoms with Gasteiger partial charge in [0.15, 0.2) is 0 Å². The van der Waals surface area contributed by atoms with Crippen LogP contribution < -0.4 is 0 Å². The van der Waals surface area contributed by atoms with E-state index < -0.39 is 0 Å². The van der Waals surface area contributed by atoms with Gasteiger partial charge in [-0.3, -0.25) is 0 Å². The molecule has 0 radical (unpaired) electrons. The first-order valence-corrected chi connectivity index (χ1v) is 11.9. The maximum Gasteiger partial charge on any atom is 0 e. The van der Waals surface area contributed by atoms with Crippen LogP contribution in [0.3, 0.4) is 0 Å². The Labute approximate surface area is 215 Å². The van der Waals surface area contributed by atoms with Crippen LogP contribution in [0.1, 0.15) is 76.1 Å². The molecular formula is C29H39HfN2-3. The first-order chi connectivity index (χ1) is 15.1. The Morgan fingerprint density at radius 3 is 2.03 bits per heavy atom. The molecule has 2 aromatic rings. The van der Waals surface area contributed by atoms with E-state index >= 15 is 0 Å². The quantitative estimate of drug-likeness (QED) is 0.203. The first-order valence-electron chi connectivity index (χ1n) is 11.9. The van der Waals surface area contributed by atoms with E-state index in [9.17, 15) is 0 Å². The number of benzene rings is 2. The van der Waals surface area contributed by atoms with Crippen LogP contribution in [0.4, 0.5) is 0 Å². The van der Waals surface area contributed by atoms with Gasteiger partial charge in [0.2, 0.25) is 0 Å². The molecule has 0 bridgehead atoms. The molecule has 0 atom stereocenters. The SMILES string of the molecule is CC(C)c1cc2c([c-]c1C1=CC=CC1)Cc1ccccc1-2.CC[N-]CC.CC[N-]CC.[Hf]. The molecule has 4 rings (SSSR count). The third-order valence-electron chi connectivity index (χ3n) is 5.47. The number of fused-ring (bicyclic) bond motifs is 3. The fourth-order valence-corrected chi connectivity index (χ4v) is 3.91. The third-order valence-corrected chi connectivity index (χ3v) is 5.47. The van der Waals surface area contributed by atoms with Gasteiger partial charge in [0.05, 0.1) is 0 Å². The summed E-state index contributed by atoms with van der Waals surface area (Å²) in [6.07, 6.45) is 8.70. The zero-order valence-electron chi connectivity index (χ0n) is 20.8. The Morgan fingerprint density at radius 2 is 1.53 bits per heavy atom. The minimum atomic E-state index is 0. The van der Waals surface area contributed by atoms with Gasteiger partial charge >= 0.3 is 0 Å². The van der Waals surface area contributed by atoms with E-state index in [1.165, 1.54) is 39.0 Å². The van der Waals surface area contributed by atoms with Gasteiger partial charge in [0.1, 0.15) is 0 Å². The summed E-state index contributed by atoms with van der Waals surface area (Å²) in [5, 5.41) is 7.94. The fraction of sp³-hybridized carbons (Fsp3) is 0.448. The summed E-state index contributed by atoms with van der Waals surface area (Å²) >= 11 is 0. The smallest absolute Gasteiger partial charge is 0 e. The van der Waals surface area contributed by atoms with E-state index in [0.717, 1.165) is 39.0 Å². The standard InChI is InChI=1S/C21H19.2C4H10N.Hf/c1-14(2)19-13-21-17(11-16-9-5-6-10-18(16)21)12-20(19)15-7-3-4-8-15;2*1-3-5-4-2;/h3-7,9-10,13-14H,8,11H2,1-2H3;2*3-4H2,1-2H3;/q3*-1;. The maximum atomic E-state index is 3.97. The van der Waals surface area contributed by atoms with Gasteiger partial charge in [-0.05, 0) is 18.4 Å². The van der Waals surface area contributed by atoms with Gasteiger partial charge in [-0.1, -0.05) is 95.0 Å². The van der Waals surface area contributed by atoms with Crippen LogP contribution in [0.5, 0.6) is 0 Å². The van der Waals surface area contributed by atoms with Gasteiger partial charge in [-0.2, -0.15) is 26.2 Å². The molecule has 0 N–H and O–H groups in total. The molecule has 0 saturated carbocycles. The number of rotatable bonds is 6. The van der Waals surface area contributed by atoms with Crippen molar-refractivity contribution >= 4 is 5.57 Å². The second-order valence-electron chi connectivity index (χ2n) is 8.02. The van der Waals surface area contributed by atoms with Crippen molar-refractivity contribution in [2.75, 3.05) is 26.2 Å². The molecule has 2 aromatic carbocycles. The topological polar surface area (TPSA) is 28.2 Å². The second kappa shape index (κ2) is 15.5. The zero-order chi connectivity index (χ0) is 22.6. The summed E-state index contributed by atoms with van der Waals surface area (Å²) in [4.78, 5) is 0. The van der Waals surface area contributed by atoms with Crippen LogP contribution in [-0.2, 0) is 32.3 Å². The van der Waals surface area contributed by atoms with E-state index in [1.807, 2.05) is 27.7 Å². The van der Waals surface area contributed by atoms with Gasteiger partial charge in [0.25, 0.3) is 0 Å². The van der Waals surface area contributed by atoms with E-state index in [0.29, 0.717) is 5.92 Å². The van der Waals surface area contributed by atoms with Crippen molar-refractivity contribution in [3.8, 4) is 11.1 Å². The summed E-state index contributed by atoms with van der Waals surface area (Å²) in [5.41, 5.74) is 9.78. The Kier molecular flexibility index (Phi) is 13.9. The number of hydrogen-bond acceptors (Lipinski definition) is 0. The van der Waals surface area contributed by atoms with Gasteiger partial charge < -0.3 is 10.6 Å². The van der Waals surface area contributed by atoms with Crippen LogP contribution in [0, 0.1) is 6.07 Å². The Balaban J connectivity index is 0.000000396. The van der Waals surface area contributed by atoms with E-state index in [-0.39, 0.29) is 25.8 Å². The van der Waals surface area contributed by atoms with E-state index in [2.05, 4.69) is 79.1 Å². The summed E-state index contributed by atoms with van der Waals surface area (Å²) in [7, 11) is 0. The van der Waals surface area contributed by atoms with Crippen molar-refractivity contribution < 1.29 is 25.8 Å². The molecule has 0 amide bonds. The second-order valence-corrected chi connectivity index (χ2v) is 8.02. The molecule has 2 aliphatic carbocycles. The van der Waals surface area contributed by atoms with Crippen molar-refractivity contribution in [3.05, 3.63) is 87.5 Å². The summed E-state index contributed by atoms with van der Waals surface area (Å²) < 4.78 is 0. The van der Waals surface area contributed by atoms with E-state index in [1.54, 1.807) is 0 Å². The first kappa shape index (κ1) is 28.7. The predicted octanol–water partition coefficient (Wildman–Crippen LogP) is 8.32. The number of allylic oxidation sites excluding steroid dienone is 4. The van der Waals surface area contributed by atoms with Crippen LogP contribution >= 0.6 is 0 Å². The largest absolute Gasteiger partial charge is 0.663 e. The molecule has 2 aliphatic rings. The normalized spacial score (nSPS) is 12.7. The predicted molar refractivity (Wildman–Crippen MR) is 138 cm³/mol. The molecule has 0 unspecified atom stereocenters. The monoisotopic (exact) mass is 595 g/mol. The molecule has 2 nitrogen and oxygen atoms in total. The number of nitrogens with zero attached hydrogens (tertiary/aromatic N) is 2. The molecule has 172 valence electrons. The van der Waals surface area contributed by atoms with Gasteiger partial charge in [-0.15, -0.1) is 40.5 Å². The van der Waals surface area contributed by atoms with Crippen LogP contribution in [0.15, 0.2) is 48.6 Å². The van der Waals surface area contributed by atoms with Crippen molar-refractivity contribution in [1.29, 1.82) is 0 Å². The molecule has 0 fully saturated rings. The van der Waals surface area contributed by atoms with Crippen molar-refractivity contribution in [1.82, 2.24) is 0 Å². The maximum absolute atomic E-state index is 3.97. The summed E-state index contributed by atoms with van der Waals surface area (Å²) in [5.74, 6) is 0.524. The van der Waals surface area contributed by atoms with Crippen molar-refractivity contribution in [2.45, 2.75) is 60.3 Å². The average molecular weight is 594 g/mol. The minimum Gasteiger partial charge on any atom is -0.663 e. The van der Waals surface area contributed by atoms with E-state index in [4.69, 9.17) is 0 Å². The van der Waals surface area contributed by atoms with Crippen molar-refractivity contribution in [3.63, 3.8) is 0 Å². The number of hydrogen-bond donors (Lipinski definition) is 0. The molecule has 0 aliphatic heterocycles. The zero-order valence-corrected chi connectivity index (χ0v) is 24.4. The fourth-order valence-electron chi connectivity index (χ4n) is 3.91.